The lowest BCUT2D eigenvalue weighted by molar-refractivity contribution is -0.384. The van der Waals surface area contributed by atoms with Crippen molar-refractivity contribution in [2.45, 2.75) is 18.2 Å². The normalized spacial score (nSPS) is 11.2. The molecule has 146 valence electrons. The van der Waals surface area contributed by atoms with E-state index in [1.165, 1.54) is 16.4 Å². The number of ether oxygens (including phenoxy) is 1. The van der Waals surface area contributed by atoms with Gasteiger partial charge in [-0.25, -0.2) is 8.42 Å². The smallest absolute Gasteiger partial charge is 0.293 e. The molecule has 0 aliphatic carbocycles. The van der Waals surface area contributed by atoms with Gasteiger partial charge in [0.05, 0.1) is 15.5 Å². The Kier molecular flexibility index (Phi) is 7.14. The maximum absolute atomic E-state index is 13.0. The van der Waals surface area contributed by atoms with Crippen LogP contribution >= 0.6 is 0 Å². The van der Waals surface area contributed by atoms with Crippen molar-refractivity contribution in [3.63, 3.8) is 0 Å². The van der Waals surface area contributed by atoms with Gasteiger partial charge in [-0.3, -0.25) is 14.4 Å². The van der Waals surface area contributed by atoms with E-state index in [0.29, 0.717) is 25.3 Å². The molecule has 2 aromatic rings. The number of anilines is 2. The molecule has 27 heavy (non-hydrogen) atoms. The zero-order valence-corrected chi connectivity index (χ0v) is 16.1. The lowest BCUT2D eigenvalue weighted by Gasteiger charge is -2.23. The fraction of sp³-hybridized carbons (Fsp3) is 0.333. The van der Waals surface area contributed by atoms with Crippen LogP contribution in [0, 0.1) is 10.1 Å². The third-order valence-corrected chi connectivity index (χ3v) is 5.82. The SMILES string of the molecule is CCN(c1ccccc1)S(=O)(=O)c1ccc(NCCCOC)c([N+](=O)[O-])c1. The van der Waals surface area contributed by atoms with E-state index in [4.69, 9.17) is 4.74 Å². The van der Waals surface area contributed by atoms with Crippen molar-refractivity contribution in [3.05, 3.63) is 58.6 Å². The van der Waals surface area contributed by atoms with Gasteiger partial charge in [-0.05, 0) is 37.6 Å². The highest BCUT2D eigenvalue weighted by atomic mass is 32.2. The van der Waals surface area contributed by atoms with E-state index in [0.717, 1.165) is 6.07 Å². The fourth-order valence-electron chi connectivity index (χ4n) is 2.62. The standard InChI is InChI=1S/C18H23N3O5S/c1-3-20(15-8-5-4-6-9-15)27(24,25)16-10-11-17(18(14-16)21(22)23)19-12-7-13-26-2/h4-6,8-11,14,19H,3,7,12-13H2,1-2H3. The minimum absolute atomic E-state index is 0.123. The molecule has 0 saturated carbocycles. The van der Waals surface area contributed by atoms with Crippen LogP contribution in [0.15, 0.2) is 53.4 Å². The van der Waals surface area contributed by atoms with Gasteiger partial charge in [-0.1, -0.05) is 18.2 Å². The average Bonchev–Trinajstić information content (AvgIpc) is 2.66. The second kappa shape index (κ2) is 9.33. The van der Waals surface area contributed by atoms with Crippen molar-refractivity contribution >= 4 is 27.1 Å². The molecule has 0 spiro atoms. The number of methoxy groups -OCH3 is 1. The summed E-state index contributed by atoms with van der Waals surface area (Å²) in [5.41, 5.74) is 0.500. The van der Waals surface area contributed by atoms with E-state index < -0.39 is 14.9 Å². The Labute approximate surface area is 159 Å². The summed E-state index contributed by atoms with van der Waals surface area (Å²) in [6.45, 7) is 2.92. The van der Waals surface area contributed by atoms with Gasteiger partial charge >= 0.3 is 0 Å². The van der Waals surface area contributed by atoms with Crippen LogP contribution in [0.1, 0.15) is 13.3 Å². The molecule has 0 saturated heterocycles. The van der Waals surface area contributed by atoms with E-state index in [2.05, 4.69) is 5.32 Å². The predicted molar refractivity (Wildman–Crippen MR) is 105 cm³/mol. The van der Waals surface area contributed by atoms with E-state index >= 15 is 0 Å². The van der Waals surface area contributed by atoms with Gasteiger partial charge in [0.2, 0.25) is 0 Å². The van der Waals surface area contributed by atoms with Crippen LogP contribution in [0.25, 0.3) is 0 Å². The molecular weight excluding hydrogens is 370 g/mol. The molecule has 0 atom stereocenters. The topological polar surface area (TPSA) is 102 Å². The Morgan fingerprint density at radius 2 is 1.89 bits per heavy atom. The highest BCUT2D eigenvalue weighted by Gasteiger charge is 2.27. The Morgan fingerprint density at radius 3 is 2.48 bits per heavy atom. The van der Waals surface area contributed by atoms with Crippen molar-refractivity contribution in [1.29, 1.82) is 0 Å². The van der Waals surface area contributed by atoms with Crippen molar-refractivity contribution in [2.24, 2.45) is 0 Å². The van der Waals surface area contributed by atoms with E-state index in [1.807, 2.05) is 0 Å². The quantitative estimate of drug-likeness (QED) is 0.378. The Hall–Kier alpha value is -2.65. The Bertz CT molecular complexity index is 872. The minimum atomic E-state index is -3.92. The summed E-state index contributed by atoms with van der Waals surface area (Å²) in [6, 6.07) is 12.5. The second-order valence-corrected chi connectivity index (χ2v) is 7.58. The van der Waals surface area contributed by atoms with Gasteiger partial charge in [0.25, 0.3) is 15.7 Å². The zero-order valence-electron chi connectivity index (χ0n) is 15.3. The Balaban J connectivity index is 2.36. The van der Waals surface area contributed by atoms with Crippen LogP contribution < -0.4 is 9.62 Å². The van der Waals surface area contributed by atoms with Gasteiger partial charge in [-0.15, -0.1) is 0 Å². The summed E-state index contributed by atoms with van der Waals surface area (Å²) in [5, 5.41) is 14.4. The van der Waals surface area contributed by atoms with Gasteiger partial charge < -0.3 is 10.1 Å². The predicted octanol–water partition coefficient (Wildman–Crippen LogP) is 3.26. The summed E-state index contributed by atoms with van der Waals surface area (Å²) in [5.74, 6) is 0. The molecule has 0 aliphatic rings. The summed E-state index contributed by atoms with van der Waals surface area (Å²) >= 11 is 0. The third kappa shape index (κ3) is 4.95. The summed E-state index contributed by atoms with van der Waals surface area (Å²) < 4.78 is 32.2. The molecule has 0 aliphatic heterocycles. The van der Waals surface area contributed by atoms with E-state index in [-0.39, 0.29) is 22.8 Å². The highest BCUT2D eigenvalue weighted by molar-refractivity contribution is 7.92. The molecule has 8 nitrogen and oxygen atoms in total. The largest absolute Gasteiger partial charge is 0.385 e. The number of rotatable bonds is 10. The van der Waals surface area contributed by atoms with Crippen molar-refractivity contribution in [3.8, 4) is 0 Å². The lowest BCUT2D eigenvalue weighted by Crippen LogP contribution is -2.30. The number of hydrogen-bond donors (Lipinski definition) is 1. The Morgan fingerprint density at radius 1 is 1.19 bits per heavy atom. The van der Waals surface area contributed by atoms with Gasteiger partial charge in [0, 0.05) is 32.9 Å². The van der Waals surface area contributed by atoms with Gasteiger partial charge in [-0.2, -0.15) is 0 Å². The first-order valence-corrected chi connectivity index (χ1v) is 9.94. The molecule has 0 unspecified atom stereocenters. The maximum Gasteiger partial charge on any atom is 0.293 e. The molecule has 1 N–H and O–H groups in total. The first kappa shape index (κ1) is 20.7. The van der Waals surface area contributed by atoms with Crippen LogP contribution in [0.4, 0.5) is 17.1 Å². The van der Waals surface area contributed by atoms with Crippen molar-refractivity contribution < 1.29 is 18.1 Å². The number of nitro benzene ring substituents is 1. The van der Waals surface area contributed by atoms with Crippen molar-refractivity contribution in [2.75, 3.05) is 36.4 Å². The molecule has 0 fully saturated rings. The van der Waals surface area contributed by atoms with E-state index in [1.54, 1.807) is 44.4 Å². The number of nitro groups is 1. The molecule has 0 heterocycles. The van der Waals surface area contributed by atoms with Gasteiger partial charge in [0.15, 0.2) is 0 Å². The van der Waals surface area contributed by atoms with Crippen molar-refractivity contribution in [1.82, 2.24) is 0 Å². The molecule has 2 rings (SSSR count). The van der Waals surface area contributed by atoms with Crippen LogP contribution in [-0.2, 0) is 14.8 Å². The monoisotopic (exact) mass is 393 g/mol. The molecule has 0 amide bonds. The first-order chi connectivity index (χ1) is 12.9. The minimum Gasteiger partial charge on any atom is -0.385 e. The highest BCUT2D eigenvalue weighted by Crippen LogP contribution is 2.30. The molecule has 0 radical (unpaired) electrons. The summed E-state index contributed by atoms with van der Waals surface area (Å²) in [7, 11) is -2.35. The van der Waals surface area contributed by atoms with Crippen LogP contribution in [0.3, 0.4) is 0 Å². The lowest BCUT2D eigenvalue weighted by atomic mass is 10.2. The van der Waals surface area contributed by atoms with Crippen LogP contribution in [0.5, 0.6) is 0 Å². The second-order valence-electron chi connectivity index (χ2n) is 5.71. The molecule has 2 aromatic carbocycles. The molecule has 0 aromatic heterocycles. The first-order valence-electron chi connectivity index (χ1n) is 8.50. The molecular formula is C18H23N3O5S. The van der Waals surface area contributed by atoms with Gasteiger partial charge in [0.1, 0.15) is 5.69 Å². The third-order valence-electron chi connectivity index (χ3n) is 3.93. The van der Waals surface area contributed by atoms with E-state index in [9.17, 15) is 18.5 Å². The van der Waals surface area contributed by atoms with Crippen LogP contribution in [0.2, 0.25) is 0 Å². The molecule has 0 bridgehead atoms. The summed E-state index contributed by atoms with van der Waals surface area (Å²) in [6.07, 6.45) is 0.672. The number of para-hydroxylation sites is 1. The molecule has 9 heteroatoms. The maximum atomic E-state index is 13.0. The average molecular weight is 393 g/mol. The van der Waals surface area contributed by atoms with Crippen LogP contribution in [-0.4, -0.2) is 40.1 Å². The fourth-order valence-corrected chi connectivity index (χ4v) is 4.12. The number of hydrogen-bond acceptors (Lipinski definition) is 6. The zero-order chi connectivity index (χ0) is 19.9. The number of nitrogens with zero attached hydrogens (tertiary/aromatic N) is 2. The number of nitrogens with one attached hydrogen (secondary N) is 1. The number of benzene rings is 2. The number of sulfonamides is 1. The summed E-state index contributed by atoms with van der Waals surface area (Å²) in [4.78, 5) is 10.7.